The van der Waals surface area contributed by atoms with E-state index in [1.807, 2.05) is 41.9 Å². The van der Waals surface area contributed by atoms with Crippen molar-refractivity contribution in [1.29, 1.82) is 0 Å². The lowest BCUT2D eigenvalue weighted by Crippen LogP contribution is -2.51. The first kappa shape index (κ1) is 20.4. The van der Waals surface area contributed by atoms with Gasteiger partial charge in [-0.1, -0.05) is 12.1 Å². The Hall–Kier alpha value is -2.84. The molecule has 1 unspecified atom stereocenters. The zero-order valence-electron chi connectivity index (χ0n) is 17.1. The molecule has 4 heterocycles. The van der Waals surface area contributed by atoms with Gasteiger partial charge in [0, 0.05) is 56.5 Å². The highest BCUT2D eigenvalue weighted by molar-refractivity contribution is 7.13. The predicted molar refractivity (Wildman–Crippen MR) is 120 cm³/mol. The van der Waals surface area contributed by atoms with Crippen LogP contribution in [0, 0.1) is 0 Å². The Kier molecular flexibility index (Phi) is 6.66. The average molecular weight is 423 g/mol. The van der Waals surface area contributed by atoms with Gasteiger partial charge in [-0.2, -0.15) is 0 Å². The summed E-state index contributed by atoms with van der Waals surface area (Å²) in [6.07, 6.45) is 3.88. The maximum absolute atomic E-state index is 12.5. The molecule has 1 aliphatic heterocycles. The van der Waals surface area contributed by atoms with Crippen LogP contribution in [0.1, 0.15) is 12.6 Å². The monoisotopic (exact) mass is 422 g/mol. The third kappa shape index (κ3) is 5.40. The normalized spacial score (nSPS) is 15.7. The van der Waals surface area contributed by atoms with Gasteiger partial charge in [-0.25, -0.2) is 9.97 Å². The number of anilines is 1. The van der Waals surface area contributed by atoms with Gasteiger partial charge in [0.25, 0.3) is 0 Å². The maximum Gasteiger partial charge on any atom is 0.226 e. The molecule has 3 aromatic heterocycles. The number of rotatable bonds is 7. The van der Waals surface area contributed by atoms with E-state index in [0.29, 0.717) is 6.42 Å². The lowest BCUT2D eigenvalue weighted by molar-refractivity contribution is -0.121. The number of carbonyl (C=O) groups is 1. The molecule has 0 bridgehead atoms. The Morgan fingerprint density at radius 1 is 1.10 bits per heavy atom. The van der Waals surface area contributed by atoms with Crippen LogP contribution in [-0.4, -0.2) is 64.5 Å². The minimum absolute atomic E-state index is 0.00694. The van der Waals surface area contributed by atoms with Gasteiger partial charge in [-0.3, -0.25) is 14.7 Å². The van der Waals surface area contributed by atoms with E-state index < -0.39 is 0 Å². The number of nitrogens with one attached hydrogen (secondary N) is 1. The lowest BCUT2D eigenvalue weighted by atomic mass is 10.2. The number of hydrogen-bond acceptors (Lipinski definition) is 7. The highest BCUT2D eigenvalue weighted by atomic mass is 32.1. The van der Waals surface area contributed by atoms with E-state index in [9.17, 15) is 4.79 Å². The number of nitrogens with zero attached hydrogens (tertiary/aromatic N) is 5. The summed E-state index contributed by atoms with van der Waals surface area (Å²) in [5.41, 5.74) is 1.63. The second-order valence-electron chi connectivity index (χ2n) is 7.48. The zero-order chi connectivity index (χ0) is 20.8. The standard InChI is InChI=1S/C22H26N6OS/c1-17(15-27-10-12-28(13-11-27)20-7-3-5-9-24-20)25-21(29)14-18-16-30-22(26-18)19-6-2-4-8-23-19/h2-9,16-17H,10-15H2,1H3,(H,25,29). The Bertz CT molecular complexity index is 941. The molecule has 1 N–H and O–H groups in total. The molecule has 7 nitrogen and oxygen atoms in total. The van der Waals surface area contributed by atoms with Crippen molar-refractivity contribution in [2.75, 3.05) is 37.6 Å². The summed E-state index contributed by atoms with van der Waals surface area (Å²) in [5.74, 6) is 1.04. The van der Waals surface area contributed by atoms with Gasteiger partial charge < -0.3 is 10.2 Å². The molecule has 1 saturated heterocycles. The van der Waals surface area contributed by atoms with Crippen LogP contribution in [0.4, 0.5) is 5.82 Å². The van der Waals surface area contributed by atoms with Crippen molar-refractivity contribution in [3.05, 3.63) is 59.9 Å². The van der Waals surface area contributed by atoms with Crippen LogP contribution in [0.25, 0.3) is 10.7 Å². The van der Waals surface area contributed by atoms with Crippen LogP contribution in [-0.2, 0) is 11.2 Å². The summed E-state index contributed by atoms with van der Waals surface area (Å²) in [7, 11) is 0. The first-order chi connectivity index (χ1) is 14.7. The highest BCUT2D eigenvalue weighted by Crippen LogP contribution is 2.21. The highest BCUT2D eigenvalue weighted by Gasteiger charge is 2.20. The smallest absolute Gasteiger partial charge is 0.226 e. The Morgan fingerprint density at radius 3 is 2.57 bits per heavy atom. The van der Waals surface area contributed by atoms with Crippen molar-refractivity contribution in [3.63, 3.8) is 0 Å². The summed E-state index contributed by atoms with van der Waals surface area (Å²) < 4.78 is 0. The lowest BCUT2D eigenvalue weighted by Gasteiger charge is -2.36. The van der Waals surface area contributed by atoms with Gasteiger partial charge >= 0.3 is 0 Å². The van der Waals surface area contributed by atoms with Gasteiger partial charge in [0.1, 0.15) is 10.8 Å². The summed E-state index contributed by atoms with van der Waals surface area (Å²) >= 11 is 1.52. The van der Waals surface area contributed by atoms with Crippen molar-refractivity contribution >= 4 is 23.1 Å². The number of pyridine rings is 2. The van der Waals surface area contributed by atoms with Gasteiger partial charge in [0.05, 0.1) is 17.8 Å². The molecule has 156 valence electrons. The molecule has 8 heteroatoms. The molecule has 0 spiro atoms. The van der Waals surface area contributed by atoms with Gasteiger partial charge in [0.2, 0.25) is 5.91 Å². The molecular formula is C22H26N6OS. The molecule has 1 aliphatic rings. The van der Waals surface area contributed by atoms with Crippen molar-refractivity contribution in [2.45, 2.75) is 19.4 Å². The van der Waals surface area contributed by atoms with E-state index in [2.05, 4.69) is 43.1 Å². The molecule has 30 heavy (non-hydrogen) atoms. The quantitative estimate of drug-likeness (QED) is 0.631. The zero-order valence-corrected chi connectivity index (χ0v) is 17.9. The van der Waals surface area contributed by atoms with Gasteiger partial charge in [-0.05, 0) is 31.2 Å². The summed E-state index contributed by atoms with van der Waals surface area (Å²) in [6.45, 7) is 6.74. The Morgan fingerprint density at radius 2 is 1.87 bits per heavy atom. The van der Waals surface area contributed by atoms with E-state index >= 15 is 0 Å². The SMILES string of the molecule is CC(CN1CCN(c2ccccn2)CC1)NC(=O)Cc1csc(-c2ccccn2)n1. The number of thiazole rings is 1. The van der Waals surface area contributed by atoms with Crippen LogP contribution in [0.2, 0.25) is 0 Å². The molecule has 1 atom stereocenters. The third-order valence-electron chi connectivity index (χ3n) is 5.06. The molecule has 0 aromatic carbocycles. The third-order valence-corrected chi connectivity index (χ3v) is 5.98. The first-order valence-electron chi connectivity index (χ1n) is 10.2. The Balaban J connectivity index is 1.21. The second-order valence-corrected chi connectivity index (χ2v) is 8.34. The van der Waals surface area contributed by atoms with E-state index in [-0.39, 0.29) is 11.9 Å². The molecule has 3 aromatic rings. The van der Waals surface area contributed by atoms with Crippen molar-refractivity contribution in [2.24, 2.45) is 0 Å². The maximum atomic E-state index is 12.5. The number of hydrogen-bond donors (Lipinski definition) is 1. The van der Waals surface area contributed by atoms with Crippen LogP contribution in [0.15, 0.2) is 54.2 Å². The van der Waals surface area contributed by atoms with Crippen LogP contribution >= 0.6 is 11.3 Å². The van der Waals surface area contributed by atoms with Gasteiger partial charge in [-0.15, -0.1) is 11.3 Å². The fourth-order valence-corrected chi connectivity index (χ4v) is 4.41. The Labute approximate surface area is 180 Å². The van der Waals surface area contributed by atoms with Crippen molar-refractivity contribution in [3.8, 4) is 10.7 Å². The molecule has 0 saturated carbocycles. The van der Waals surface area contributed by atoms with Crippen LogP contribution in [0.3, 0.4) is 0 Å². The fourth-order valence-electron chi connectivity index (χ4n) is 3.62. The first-order valence-corrected chi connectivity index (χ1v) is 11.1. The molecule has 1 fully saturated rings. The number of aromatic nitrogens is 3. The number of piperazine rings is 1. The van der Waals surface area contributed by atoms with E-state index in [1.165, 1.54) is 11.3 Å². The summed E-state index contributed by atoms with van der Waals surface area (Å²) in [6, 6.07) is 11.9. The van der Waals surface area contributed by atoms with E-state index in [0.717, 1.165) is 54.9 Å². The molecule has 4 rings (SSSR count). The minimum Gasteiger partial charge on any atom is -0.354 e. The molecule has 0 radical (unpaired) electrons. The molecule has 1 amide bonds. The fraction of sp³-hybridized carbons (Fsp3) is 0.364. The van der Waals surface area contributed by atoms with Crippen molar-refractivity contribution in [1.82, 2.24) is 25.2 Å². The van der Waals surface area contributed by atoms with E-state index in [4.69, 9.17) is 0 Å². The summed E-state index contributed by atoms with van der Waals surface area (Å²) in [5, 5.41) is 5.89. The van der Waals surface area contributed by atoms with Crippen molar-refractivity contribution < 1.29 is 4.79 Å². The average Bonchev–Trinajstić information content (AvgIpc) is 3.23. The van der Waals surface area contributed by atoms with E-state index in [1.54, 1.807) is 6.20 Å². The minimum atomic E-state index is 0.00694. The molecular weight excluding hydrogens is 396 g/mol. The van der Waals surface area contributed by atoms with Crippen LogP contribution in [0.5, 0.6) is 0 Å². The summed E-state index contributed by atoms with van der Waals surface area (Å²) in [4.78, 5) is 30.5. The number of carbonyl (C=O) groups excluding carboxylic acids is 1. The topological polar surface area (TPSA) is 74.2 Å². The number of amides is 1. The molecule has 0 aliphatic carbocycles. The second kappa shape index (κ2) is 9.77. The largest absolute Gasteiger partial charge is 0.354 e. The predicted octanol–water partition coefficient (Wildman–Crippen LogP) is 2.47. The van der Waals surface area contributed by atoms with Crippen LogP contribution < -0.4 is 10.2 Å². The van der Waals surface area contributed by atoms with Gasteiger partial charge in [0.15, 0.2) is 0 Å².